The number of fused-ring (bicyclic) bond motifs is 1. The summed E-state index contributed by atoms with van der Waals surface area (Å²) >= 11 is 0. The molecule has 2 heterocycles. The number of anilines is 1. The molecule has 5 nitrogen and oxygen atoms in total. The van der Waals surface area contributed by atoms with Crippen LogP contribution in [0, 0.1) is 6.92 Å². The third-order valence-corrected chi connectivity index (χ3v) is 2.51. The fraction of sp³-hybridized carbons (Fsp3) is 0.545. The Labute approximate surface area is 94.9 Å². The maximum absolute atomic E-state index is 4.54. The van der Waals surface area contributed by atoms with Crippen molar-refractivity contribution in [3.63, 3.8) is 0 Å². The SMILES string of the molecule is CNc1ncnc2c1c(C)nn2C(C)(C)C. The number of nitrogens with zero attached hydrogens (tertiary/aromatic N) is 4. The lowest BCUT2D eigenvalue weighted by Gasteiger charge is -2.19. The van der Waals surface area contributed by atoms with E-state index >= 15 is 0 Å². The summed E-state index contributed by atoms with van der Waals surface area (Å²) in [6, 6.07) is 0. The predicted molar refractivity (Wildman–Crippen MR) is 64.6 cm³/mol. The van der Waals surface area contributed by atoms with Crippen molar-refractivity contribution in [2.24, 2.45) is 0 Å². The highest BCUT2D eigenvalue weighted by Gasteiger charge is 2.21. The van der Waals surface area contributed by atoms with E-state index in [-0.39, 0.29) is 5.54 Å². The molecule has 0 aliphatic rings. The lowest BCUT2D eigenvalue weighted by atomic mass is 10.1. The van der Waals surface area contributed by atoms with E-state index in [1.54, 1.807) is 6.33 Å². The molecule has 5 heteroatoms. The van der Waals surface area contributed by atoms with Gasteiger partial charge in [-0.15, -0.1) is 0 Å². The first kappa shape index (κ1) is 10.9. The van der Waals surface area contributed by atoms with E-state index in [1.807, 2.05) is 18.7 Å². The Balaban J connectivity index is 2.82. The number of hydrogen-bond acceptors (Lipinski definition) is 4. The van der Waals surface area contributed by atoms with Crippen LogP contribution >= 0.6 is 0 Å². The van der Waals surface area contributed by atoms with Crippen molar-refractivity contribution in [1.29, 1.82) is 0 Å². The summed E-state index contributed by atoms with van der Waals surface area (Å²) in [4.78, 5) is 8.53. The van der Waals surface area contributed by atoms with E-state index in [2.05, 4.69) is 41.2 Å². The van der Waals surface area contributed by atoms with Gasteiger partial charge in [0.15, 0.2) is 5.65 Å². The fourth-order valence-corrected chi connectivity index (χ4v) is 1.77. The average molecular weight is 219 g/mol. The van der Waals surface area contributed by atoms with Gasteiger partial charge in [0.2, 0.25) is 0 Å². The minimum Gasteiger partial charge on any atom is -0.372 e. The third-order valence-electron chi connectivity index (χ3n) is 2.51. The van der Waals surface area contributed by atoms with Gasteiger partial charge in [0.1, 0.15) is 12.1 Å². The molecule has 0 aliphatic heterocycles. The first-order valence-electron chi connectivity index (χ1n) is 5.33. The highest BCUT2D eigenvalue weighted by Crippen LogP contribution is 2.26. The van der Waals surface area contributed by atoms with Crippen LogP contribution in [0.1, 0.15) is 26.5 Å². The highest BCUT2D eigenvalue weighted by atomic mass is 15.3. The number of aryl methyl sites for hydroxylation is 1. The summed E-state index contributed by atoms with van der Waals surface area (Å²) in [5.74, 6) is 0.831. The first-order valence-corrected chi connectivity index (χ1v) is 5.33. The predicted octanol–water partition coefficient (Wildman–Crippen LogP) is 1.93. The van der Waals surface area contributed by atoms with Gasteiger partial charge >= 0.3 is 0 Å². The smallest absolute Gasteiger partial charge is 0.164 e. The van der Waals surface area contributed by atoms with Crippen LogP contribution in [0.25, 0.3) is 11.0 Å². The summed E-state index contributed by atoms with van der Waals surface area (Å²) in [7, 11) is 1.86. The Kier molecular flexibility index (Phi) is 2.33. The summed E-state index contributed by atoms with van der Waals surface area (Å²) in [6.45, 7) is 8.31. The van der Waals surface area contributed by atoms with Gasteiger partial charge in [-0.25, -0.2) is 14.6 Å². The lowest BCUT2D eigenvalue weighted by molar-refractivity contribution is 0.364. The molecule has 0 fully saturated rings. The Morgan fingerprint density at radius 1 is 1.25 bits per heavy atom. The second kappa shape index (κ2) is 3.43. The maximum Gasteiger partial charge on any atom is 0.164 e. The molecule has 0 atom stereocenters. The van der Waals surface area contributed by atoms with Gasteiger partial charge in [-0.2, -0.15) is 5.10 Å². The minimum absolute atomic E-state index is 0.0775. The molecule has 0 spiro atoms. The molecule has 86 valence electrons. The minimum atomic E-state index is -0.0775. The Morgan fingerprint density at radius 2 is 1.94 bits per heavy atom. The molecule has 0 aliphatic carbocycles. The zero-order chi connectivity index (χ0) is 11.9. The van der Waals surface area contributed by atoms with Gasteiger partial charge in [0.05, 0.1) is 16.6 Å². The van der Waals surface area contributed by atoms with Gasteiger partial charge in [0.25, 0.3) is 0 Å². The zero-order valence-electron chi connectivity index (χ0n) is 10.4. The molecule has 0 amide bonds. The second-order valence-corrected chi connectivity index (χ2v) is 4.84. The van der Waals surface area contributed by atoms with Crippen molar-refractivity contribution in [3.05, 3.63) is 12.0 Å². The van der Waals surface area contributed by atoms with E-state index in [9.17, 15) is 0 Å². The Hall–Kier alpha value is -1.65. The standard InChI is InChI=1S/C11H17N5/c1-7-8-9(12-5)13-6-14-10(8)16(15-7)11(2,3)4/h6H,1-5H3,(H,12,13,14). The molecule has 2 rings (SSSR count). The van der Waals surface area contributed by atoms with Gasteiger partial charge in [-0.3, -0.25) is 0 Å². The number of hydrogen-bond donors (Lipinski definition) is 1. The summed E-state index contributed by atoms with van der Waals surface area (Å²) in [5, 5.41) is 8.61. The Morgan fingerprint density at radius 3 is 2.50 bits per heavy atom. The Bertz CT molecular complexity index is 521. The van der Waals surface area contributed by atoms with Crippen molar-refractivity contribution < 1.29 is 0 Å². The topological polar surface area (TPSA) is 55.6 Å². The van der Waals surface area contributed by atoms with Crippen LogP contribution in [-0.2, 0) is 5.54 Å². The van der Waals surface area contributed by atoms with Crippen LogP contribution in [0.3, 0.4) is 0 Å². The molecule has 0 saturated carbocycles. The van der Waals surface area contributed by atoms with Crippen molar-refractivity contribution in [2.75, 3.05) is 12.4 Å². The van der Waals surface area contributed by atoms with Gasteiger partial charge in [-0.05, 0) is 27.7 Å². The number of rotatable bonds is 1. The van der Waals surface area contributed by atoms with Gasteiger partial charge < -0.3 is 5.32 Å². The zero-order valence-corrected chi connectivity index (χ0v) is 10.4. The second-order valence-electron chi connectivity index (χ2n) is 4.84. The largest absolute Gasteiger partial charge is 0.372 e. The summed E-state index contributed by atoms with van der Waals surface area (Å²) in [6.07, 6.45) is 1.57. The quantitative estimate of drug-likeness (QED) is 0.796. The fourth-order valence-electron chi connectivity index (χ4n) is 1.77. The molecule has 0 saturated heterocycles. The molecule has 16 heavy (non-hydrogen) atoms. The molecule has 0 bridgehead atoms. The molecule has 1 N–H and O–H groups in total. The molecular weight excluding hydrogens is 202 g/mol. The molecule has 0 unspecified atom stereocenters. The van der Waals surface area contributed by atoms with Crippen LogP contribution in [0.4, 0.5) is 5.82 Å². The molecule has 2 aromatic rings. The first-order chi connectivity index (χ1) is 7.45. The van der Waals surface area contributed by atoms with Crippen LogP contribution in [0.5, 0.6) is 0 Å². The highest BCUT2D eigenvalue weighted by molar-refractivity contribution is 5.89. The van der Waals surface area contributed by atoms with E-state index in [0.717, 1.165) is 22.5 Å². The molecule has 0 aromatic carbocycles. The third kappa shape index (κ3) is 1.52. The number of aromatic nitrogens is 4. The van der Waals surface area contributed by atoms with Gasteiger partial charge in [-0.1, -0.05) is 0 Å². The maximum atomic E-state index is 4.54. The van der Waals surface area contributed by atoms with E-state index in [4.69, 9.17) is 0 Å². The molecule has 2 aromatic heterocycles. The van der Waals surface area contributed by atoms with Crippen molar-refractivity contribution in [2.45, 2.75) is 33.2 Å². The molecular formula is C11H17N5. The summed E-state index contributed by atoms with van der Waals surface area (Å²) < 4.78 is 1.94. The van der Waals surface area contributed by atoms with Crippen LogP contribution in [-0.4, -0.2) is 26.8 Å². The van der Waals surface area contributed by atoms with E-state index in [1.165, 1.54) is 0 Å². The number of nitrogens with one attached hydrogen (secondary N) is 1. The van der Waals surface area contributed by atoms with Crippen LogP contribution in [0.15, 0.2) is 6.33 Å². The van der Waals surface area contributed by atoms with Crippen LogP contribution < -0.4 is 5.32 Å². The van der Waals surface area contributed by atoms with E-state index < -0.39 is 0 Å². The lowest BCUT2D eigenvalue weighted by Crippen LogP contribution is -2.23. The van der Waals surface area contributed by atoms with Crippen molar-refractivity contribution in [3.8, 4) is 0 Å². The van der Waals surface area contributed by atoms with E-state index in [0.29, 0.717) is 0 Å². The average Bonchev–Trinajstić information content (AvgIpc) is 2.56. The van der Waals surface area contributed by atoms with Crippen molar-refractivity contribution in [1.82, 2.24) is 19.7 Å². The summed E-state index contributed by atoms with van der Waals surface area (Å²) in [5.41, 5.74) is 1.76. The normalized spacial score (nSPS) is 12.1. The monoisotopic (exact) mass is 219 g/mol. The van der Waals surface area contributed by atoms with Crippen LogP contribution in [0.2, 0.25) is 0 Å². The van der Waals surface area contributed by atoms with Crippen molar-refractivity contribution >= 4 is 16.9 Å². The molecule has 0 radical (unpaired) electrons. The van der Waals surface area contributed by atoms with Gasteiger partial charge in [0, 0.05) is 7.05 Å².